The molecule has 5 nitrogen and oxygen atoms in total. The molecule has 2 rings (SSSR count). The molecule has 5 heteroatoms. The summed E-state index contributed by atoms with van der Waals surface area (Å²) in [6.45, 7) is 2.03. The van der Waals surface area contributed by atoms with Crippen LogP contribution in [-0.2, 0) is 13.5 Å². The van der Waals surface area contributed by atoms with Crippen LogP contribution in [0.15, 0.2) is 6.20 Å². The zero-order valence-corrected chi connectivity index (χ0v) is 9.79. The smallest absolute Gasteiger partial charge is 0.319 e. The first kappa shape index (κ1) is 11.0. The van der Waals surface area contributed by atoms with Crippen LogP contribution in [0.1, 0.15) is 31.9 Å². The molecule has 0 atom stereocenters. The van der Waals surface area contributed by atoms with Crippen molar-refractivity contribution in [1.29, 1.82) is 0 Å². The first-order valence-corrected chi connectivity index (χ1v) is 5.79. The van der Waals surface area contributed by atoms with E-state index in [4.69, 9.17) is 0 Å². The molecule has 1 heterocycles. The monoisotopic (exact) mass is 222 g/mol. The van der Waals surface area contributed by atoms with Gasteiger partial charge in [0.25, 0.3) is 0 Å². The highest BCUT2D eigenvalue weighted by molar-refractivity contribution is 5.89. The van der Waals surface area contributed by atoms with Gasteiger partial charge in [0.05, 0.1) is 11.4 Å². The van der Waals surface area contributed by atoms with E-state index in [1.54, 1.807) is 4.68 Å². The van der Waals surface area contributed by atoms with Gasteiger partial charge in [0.15, 0.2) is 0 Å². The number of nitrogens with zero attached hydrogens (tertiary/aromatic N) is 2. The van der Waals surface area contributed by atoms with E-state index < -0.39 is 0 Å². The van der Waals surface area contributed by atoms with E-state index in [1.165, 1.54) is 6.42 Å². The van der Waals surface area contributed by atoms with Crippen molar-refractivity contribution in [2.24, 2.45) is 7.05 Å². The quantitative estimate of drug-likeness (QED) is 0.817. The minimum Gasteiger partial charge on any atom is -0.335 e. The maximum Gasteiger partial charge on any atom is 0.319 e. The van der Waals surface area contributed by atoms with Gasteiger partial charge in [-0.3, -0.25) is 4.68 Å². The maximum atomic E-state index is 11.6. The van der Waals surface area contributed by atoms with Gasteiger partial charge >= 0.3 is 6.03 Å². The van der Waals surface area contributed by atoms with Crippen molar-refractivity contribution in [3.8, 4) is 0 Å². The fraction of sp³-hybridized carbons (Fsp3) is 0.636. The van der Waals surface area contributed by atoms with E-state index in [1.807, 2.05) is 20.2 Å². The molecule has 1 aliphatic rings. The molecule has 0 bridgehead atoms. The van der Waals surface area contributed by atoms with E-state index in [9.17, 15) is 4.79 Å². The number of hydrogen-bond acceptors (Lipinski definition) is 2. The highest BCUT2D eigenvalue weighted by Crippen LogP contribution is 2.18. The van der Waals surface area contributed by atoms with Crippen molar-refractivity contribution in [2.45, 2.75) is 38.6 Å². The van der Waals surface area contributed by atoms with Gasteiger partial charge in [-0.05, 0) is 25.7 Å². The number of aromatic nitrogens is 2. The van der Waals surface area contributed by atoms with Crippen molar-refractivity contribution in [1.82, 2.24) is 15.1 Å². The predicted molar refractivity (Wildman–Crippen MR) is 62.4 cm³/mol. The minimum atomic E-state index is -0.118. The molecular formula is C11H18N4O. The highest BCUT2D eigenvalue weighted by atomic mass is 16.2. The number of amides is 2. The second kappa shape index (κ2) is 4.55. The van der Waals surface area contributed by atoms with Gasteiger partial charge in [-0.15, -0.1) is 0 Å². The van der Waals surface area contributed by atoms with Crippen LogP contribution in [0.4, 0.5) is 10.5 Å². The normalized spacial score (nSPS) is 15.6. The van der Waals surface area contributed by atoms with Crippen LogP contribution in [0.3, 0.4) is 0 Å². The number of aryl methyl sites for hydroxylation is 2. The number of anilines is 1. The van der Waals surface area contributed by atoms with Gasteiger partial charge in [-0.1, -0.05) is 6.92 Å². The Bertz CT molecular complexity index is 381. The van der Waals surface area contributed by atoms with Crippen molar-refractivity contribution in [3.63, 3.8) is 0 Å². The number of carbonyl (C=O) groups is 1. The molecule has 0 radical (unpaired) electrons. The van der Waals surface area contributed by atoms with Gasteiger partial charge in [0, 0.05) is 19.3 Å². The Kier molecular flexibility index (Phi) is 3.12. The second-order valence-corrected chi connectivity index (χ2v) is 4.24. The van der Waals surface area contributed by atoms with Crippen molar-refractivity contribution < 1.29 is 4.79 Å². The van der Waals surface area contributed by atoms with Gasteiger partial charge in [-0.2, -0.15) is 5.10 Å². The average Bonchev–Trinajstić information content (AvgIpc) is 2.52. The fourth-order valence-corrected chi connectivity index (χ4v) is 1.80. The third kappa shape index (κ3) is 2.35. The molecule has 0 unspecified atom stereocenters. The molecule has 88 valence electrons. The summed E-state index contributed by atoms with van der Waals surface area (Å²) in [4.78, 5) is 11.6. The maximum absolute atomic E-state index is 11.6. The Balaban J connectivity index is 1.93. The first-order chi connectivity index (χ1) is 7.69. The molecule has 2 N–H and O–H groups in total. The summed E-state index contributed by atoms with van der Waals surface area (Å²) >= 11 is 0. The largest absolute Gasteiger partial charge is 0.335 e. The van der Waals surface area contributed by atoms with Crippen molar-refractivity contribution in [2.75, 3.05) is 5.32 Å². The lowest BCUT2D eigenvalue weighted by atomic mass is 9.93. The molecule has 1 saturated carbocycles. The van der Waals surface area contributed by atoms with Crippen LogP contribution < -0.4 is 10.6 Å². The summed E-state index contributed by atoms with van der Waals surface area (Å²) in [5, 5.41) is 10.1. The van der Waals surface area contributed by atoms with Crippen molar-refractivity contribution in [3.05, 3.63) is 11.9 Å². The van der Waals surface area contributed by atoms with Crippen LogP contribution in [0.2, 0.25) is 0 Å². The number of carbonyl (C=O) groups excluding carboxylic acids is 1. The highest BCUT2D eigenvalue weighted by Gasteiger charge is 2.19. The van der Waals surface area contributed by atoms with Gasteiger partial charge in [0.2, 0.25) is 0 Å². The van der Waals surface area contributed by atoms with Crippen LogP contribution in [0.25, 0.3) is 0 Å². The Morgan fingerprint density at radius 1 is 1.62 bits per heavy atom. The summed E-state index contributed by atoms with van der Waals surface area (Å²) < 4.78 is 1.72. The summed E-state index contributed by atoms with van der Waals surface area (Å²) in [6.07, 6.45) is 6.07. The Labute approximate surface area is 95.2 Å². The number of hydrogen-bond donors (Lipinski definition) is 2. The van der Waals surface area contributed by atoms with E-state index in [2.05, 4.69) is 15.7 Å². The second-order valence-electron chi connectivity index (χ2n) is 4.24. The van der Waals surface area contributed by atoms with Gasteiger partial charge < -0.3 is 10.6 Å². The Morgan fingerprint density at radius 3 is 2.94 bits per heavy atom. The molecule has 0 saturated heterocycles. The zero-order valence-electron chi connectivity index (χ0n) is 9.79. The molecular weight excluding hydrogens is 204 g/mol. The van der Waals surface area contributed by atoms with E-state index >= 15 is 0 Å². The van der Waals surface area contributed by atoms with E-state index in [0.717, 1.165) is 30.6 Å². The van der Waals surface area contributed by atoms with Gasteiger partial charge in [-0.25, -0.2) is 4.79 Å². The first-order valence-electron chi connectivity index (χ1n) is 5.79. The van der Waals surface area contributed by atoms with E-state index in [-0.39, 0.29) is 6.03 Å². The molecule has 0 aliphatic heterocycles. The third-order valence-electron chi connectivity index (χ3n) is 2.93. The van der Waals surface area contributed by atoms with Gasteiger partial charge in [0.1, 0.15) is 0 Å². The summed E-state index contributed by atoms with van der Waals surface area (Å²) in [5.41, 5.74) is 1.73. The average molecular weight is 222 g/mol. The minimum absolute atomic E-state index is 0.118. The molecule has 16 heavy (non-hydrogen) atoms. The molecule has 1 aromatic rings. The molecule has 2 amide bonds. The summed E-state index contributed by atoms with van der Waals surface area (Å²) in [7, 11) is 1.86. The standard InChI is InChI=1S/C11H18N4O/c1-3-9-10(7-15(2)14-9)13-11(16)12-8-5-4-6-8/h7-8H,3-6H2,1-2H3,(H2,12,13,16). The number of urea groups is 1. The fourth-order valence-electron chi connectivity index (χ4n) is 1.80. The lowest BCUT2D eigenvalue weighted by molar-refractivity contribution is 0.240. The Morgan fingerprint density at radius 2 is 2.38 bits per heavy atom. The SMILES string of the molecule is CCc1nn(C)cc1NC(=O)NC1CCC1. The summed E-state index contributed by atoms with van der Waals surface area (Å²) in [6, 6.07) is 0.245. The molecule has 1 aromatic heterocycles. The third-order valence-corrected chi connectivity index (χ3v) is 2.93. The Hall–Kier alpha value is -1.52. The van der Waals surface area contributed by atoms with Crippen LogP contribution in [0, 0.1) is 0 Å². The van der Waals surface area contributed by atoms with Crippen molar-refractivity contribution >= 4 is 11.7 Å². The lowest BCUT2D eigenvalue weighted by Crippen LogP contribution is -2.41. The lowest BCUT2D eigenvalue weighted by Gasteiger charge is -2.26. The molecule has 0 spiro atoms. The van der Waals surface area contributed by atoms with Crippen LogP contribution in [-0.4, -0.2) is 21.9 Å². The number of rotatable bonds is 3. The van der Waals surface area contributed by atoms with Crippen LogP contribution >= 0.6 is 0 Å². The number of nitrogens with one attached hydrogen (secondary N) is 2. The zero-order chi connectivity index (χ0) is 11.5. The summed E-state index contributed by atoms with van der Waals surface area (Å²) in [5.74, 6) is 0. The molecule has 1 aliphatic carbocycles. The molecule has 0 aromatic carbocycles. The molecule has 1 fully saturated rings. The predicted octanol–water partition coefficient (Wildman–Crippen LogP) is 1.66. The topological polar surface area (TPSA) is 59.0 Å². The van der Waals surface area contributed by atoms with Crippen LogP contribution in [0.5, 0.6) is 0 Å². The van der Waals surface area contributed by atoms with E-state index in [0.29, 0.717) is 6.04 Å².